The fourth-order valence-electron chi connectivity index (χ4n) is 2.53. The molecule has 0 aromatic heterocycles. The molecule has 0 spiro atoms. The minimum Gasteiger partial charge on any atom is -0.395 e. The van der Waals surface area contributed by atoms with Gasteiger partial charge in [0, 0.05) is 11.0 Å². The summed E-state index contributed by atoms with van der Waals surface area (Å²) in [5.41, 5.74) is 1.73. The van der Waals surface area contributed by atoms with Crippen LogP contribution in [0.4, 0.5) is 0 Å². The van der Waals surface area contributed by atoms with Crippen LogP contribution in [0.2, 0.25) is 0 Å². The highest BCUT2D eigenvalue weighted by molar-refractivity contribution is 5.75. The fraction of sp³-hybridized carbons (Fsp3) is 0.462. The van der Waals surface area contributed by atoms with E-state index in [1.54, 1.807) is 6.07 Å². The Labute approximate surface area is 89.9 Å². The van der Waals surface area contributed by atoms with Crippen molar-refractivity contribution in [3.63, 3.8) is 0 Å². The van der Waals surface area contributed by atoms with Gasteiger partial charge in [0.1, 0.15) is 6.29 Å². The number of hydrogen-bond donors (Lipinski definition) is 1. The fourth-order valence-corrected chi connectivity index (χ4v) is 2.53. The lowest BCUT2D eigenvalue weighted by Gasteiger charge is -2.27. The molecular formula is C13H16O2. The third-order valence-corrected chi connectivity index (χ3v) is 3.50. The third-order valence-electron chi connectivity index (χ3n) is 3.50. The molecule has 0 unspecified atom stereocenters. The van der Waals surface area contributed by atoms with Crippen LogP contribution >= 0.6 is 0 Å². The van der Waals surface area contributed by atoms with Crippen LogP contribution in [0.1, 0.15) is 41.6 Å². The summed E-state index contributed by atoms with van der Waals surface area (Å²) >= 11 is 0. The molecule has 1 aromatic rings. The summed E-state index contributed by atoms with van der Waals surface area (Å²) in [6.07, 6.45) is 5.28. The first-order valence-corrected chi connectivity index (χ1v) is 5.47. The van der Waals surface area contributed by atoms with E-state index in [1.165, 1.54) is 12.8 Å². The van der Waals surface area contributed by atoms with Crippen molar-refractivity contribution in [2.24, 2.45) is 0 Å². The van der Waals surface area contributed by atoms with E-state index in [2.05, 4.69) is 0 Å². The molecule has 80 valence electrons. The maximum absolute atomic E-state index is 10.7. The summed E-state index contributed by atoms with van der Waals surface area (Å²) in [6, 6.07) is 7.63. The molecule has 0 bridgehead atoms. The van der Waals surface area contributed by atoms with Crippen molar-refractivity contribution in [1.29, 1.82) is 0 Å². The molecule has 0 aliphatic heterocycles. The van der Waals surface area contributed by atoms with Crippen molar-refractivity contribution in [2.45, 2.75) is 31.1 Å². The van der Waals surface area contributed by atoms with E-state index >= 15 is 0 Å². The number of hydrogen-bond acceptors (Lipinski definition) is 2. The highest BCUT2D eigenvalue weighted by atomic mass is 16.3. The number of aliphatic hydroxyl groups is 1. The van der Waals surface area contributed by atoms with Gasteiger partial charge in [0.25, 0.3) is 0 Å². The molecule has 0 heterocycles. The molecule has 0 saturated heterocycles. The predicted molar refractivity (Wildman–Crippen MR) is 59.1 cm³/mol. The maximum atomic E-state index is 10.7. The molecule has 2 heteroatoms. The Balaban J connectivity index is 2.37. The third kappa shape index (κ3) is 1.82. The van der Waals surface area contributed by atoms with Gasteiger partial charge in [-0.1, -0.05) is 31.0 Å². The molecule has 1 aliphatic carbocycles. The molecule has 0 radical (unpaired) electrons. The van der Waals surface area contributed by atoms with E-state index in [1.807, 2.05) is 18.2 Å². The van der Waals surface area contributed by atoms with Crippen LogP contribution in [-0.2, 0) is 5.41 Å². The number of rotatable bonds is 3. The molecule has 2 nitrogen and oxygen atoms in total. The lowest BCUT2D eigenvalue weighted by Crippen LogP contribution is -2.26. The largest absolute Gasteiger partial charge is 0.395 e. The van der Waals surface area contributed by atoms with Crippen molar-refractivity contribution in [2.75, 3.05) is 6.61 Å². The Morgan fingerprint density at radius 2 is 2.07 bits per heavy atom. The second kappa shape index (κ2) is 4.15. The topological polar surface area (TPSA) is 37.3 Å². The van der Waals surface area contributed by atoms with Gasteiger partial charge in [-0.2, -0.15) is 0 Å². The monoisotopic (exact) mass is 204 g/mol. The zero-order chi connectivity index (χ0) is 10.7. The van der Waals surface area contributed by atoms with Gasteiger partial charge >= 0.3 is 0 Å². The van der Waals surface area contributed by atoms with Gasteiger partial charge in [-0.25, -0.2) is 0 Å². The summed E-state index contributed by atoms with van der Waals surface area (Å²) in [5, 5.41) is 9.55. The summed E-state index contributed by atoms with van der Waals surface area (Å²) in [6.45, 7) is 0.190. The summed E-state index contributed by atoms with van der Waals surface area (Å²) in [5.74, 6) is 0. The summed E-state index contributed by atoms with van der Waals surface area (Å²) in [7, 11) is 0. The molecule has 0 amide bonds. The quantitative estimate of drug-likeness (QED) is 0.767. The Morgan fingerprint density at radius 1 is 1.33 bits per heavy atom. The molecule has 15 heavy (non-hydrogen) atoms. The summed E-state index contributed by atoms with van der Waals surface area (Å²) in [4.78, 5) is 10.7. The van der Waals surface area contributed by atoms with Gasteiger partial charge in [0.2, 0.25) is 0 Å². The first kappa shape index (κ1) is 10.4. The molecular weight excluding hydrogens is 188 g/mol. The Bertz CT molecular complexity index is 351. The SMILES string of the molecule is O=Cc1cccc(C2(CO)CCCC2)c1. The minimum atomic E-state index is -0.0843. The first-order valence-electron chi connectivity index (χ1n) is 5.47. The Kier molecular flexibility index (Phi) is 2.87. The number of aliphatic hydroxyl groups excluding tert-OH is 1. The van der Waals surface area contributed by atoms with Crippen LogP contribution in [-0.4, -0.2) is 18.0 Å². The number of aldehydes is 1. The van der Waals surface area contributed by atoms with Gasteiger partial charge in [-0.3, -0.25) is 4.79 Å². The maximum Gasteiger partial charge on any atom is 0.150 e. The molecule has 1 aromatic carbocycles. The Morgan fingerprint density at radius 3 is 2.67 bits per heavy atom. The van der Waals surface area contributed by atoms with E-state index in [-0.39, 0.29) is 12.0 Å². The summed E-state index contributed by atoms with van der Waals surface area (Å²) < 4.78 is 0. The van der Waals surface area contributed by atoms with Crippen LogP contribution < -0.4 is 0 Å². The van der Waals surface area contributed by atoms with Gasteiger partial charge in [0.15, 0.2) is 0 Å². The molecule has 1 fully saturated rings. The van der Waals surface area contributed by atoms with Crippen molar-refractivity contribution in [3.8, 4) is 0 Å². The van der Waals surface area contributed by atoms with E-state index < -0.39 is 0 Å². The van der Waals surface area contributed by atoms with Crippen LogP contribution in [0.15, 0.2) is 24.3 Å². The number of carbonyl (C=O) groups is 1. The van der Waals surface area contributed by atoms with E-state index in [9.17, 15) is 9.90 Å². The molecule has 0 atom stereocenters. The smallest absolute Gasteiger partial charge is 0.150 e. The zero-order valence-corrected chi connectivity index (χ0v) is 8.78. The number of carbonyl (C=O) groups excluding carboxylic acids is 1. The first-order chi connectivity index (χ1) is 7.30. The lowest BCUT2D eigenvalue weighted by atomic mass is 9.79. The van der Waals surface area contributed by atoms with Crippen LogP contribution in [0.3, 0.4) is 0 Å². The van der Waals surface area contributed by atoms with Crippen molar-refractivity contribution >= 4 is 6.29 Å². The van der Waals surface area contributed by atoms with Crippen LogP contribution in [0.5, 0.6) is 0 Å². The Hall–Kier alpha value is -1.15. The molecule has 2 rings (SSSR count). The average molecular weight is 204 g/mol. The van der Waals surface area contributed by atoms with E-state index in [4.69, 9.17) is 0 Å². The average Bonchev–Trinajstić information content (AvgIpc) is 2.79. The second-order valence-electron chi connectivity index (χ2n) is 4.39. The normalized spacial score (nSPS) is 19.0. The molecule has 1 aliphatic rings. The lowest BCUT2D eigenvalue weighted by molar-refractivity contribution is 0.112. The highest BCUT2D eigenvalue weighted by Gasteiger charge is 2.34. The van der Waals surface area contributed by atoms with Crippen molar-refractivity contribution in [3.05, 3.63) is 35.4 Å². The highest BCUT2D eigenvalue weighted by Crippen LogP contribution is 2.40. The van der Waals surface area contributed by atoms with Crippen molar-refractivity contribution < 1.29 is 9.90 Å². The molecule has 1 saturated carbocycles. The minimum absolute atomic E-state index is 0.0843. The zero-order valence-electron chi connectivity index (χ0n) is 8.78. The van der Waals surface area contributed by atoms with Gasteiger partial charge in [-0.15, -0.1) is 0 Å². The standard InChI is InChI=1S/C13H16O2/c14-9-11-4-3-5-12(8-11)13(10-15)6-1-2-7-13/h3-5,8-9,15H,1-2,6-7,10H2. The van der Waals surface area contributed by atoms with Crippen LogP contribution in [0, 0.1) is 0 Å². The van der Waals surface area contributed by atoms with Gasteiger partial charge in [-0.05, 0) is 24.5 Å². The van der Waals surface area contributed by atoms with E-state index in [0.29, 0.717) is 5.56 Å². The van der Waals surface area contributed by atoms with Gasteiger partial charge < -0.3 is 5.11 Å². The predicted octanol–water partition coefficient (Wildman–Crippen LogP) is 2.30. The van der Waals surface area contributed by atoms with Crippen molar-refractivity contribution in [1.82, 2.24) is 0 Å². The van der Waals surface area contributed by atoms with Gasteiger partial charge in [0.05, 0.1) is 6.61 Å². The van der Waals surface area contributed by atoms with Crippen LogP contribution in [0.25, 0.3) is 0 Å². The second-order valence-corrected chi connectivity index (χ2v) is 4.39. The number of benzene rings is 1. The molecule has 1 N–H and O–H groups in total. The van der Waals surface area contributed by atoms with E-state index in [0.717, 1.165) is 24.7 Å².